The topological polar surface area (TPSA) is 49.4 Å². The lowest BCUT2D eigenvalue weighted by Crippen LogP contribution is -2.48. The highest BCUT2D eigenvalue weighted by Gasteiger charge is 2.36. The van der Waals surface area contributed by atoms with E-state index in [1.807, 2.05) is 6.07 Å². The van der Waals surface area contributed by atoms with Crippen LogP contribution in [0.2, 0.25) is 0 Å². The summed E-state index contributed by atoms with van der Waals surface area (Å²) in [6, 6.07) is 3.37. The van der Waals surface area contributed by atoms with Gasteiger partial charge in [-0.25, -0.2) is 4.39 Å². The minimum absolute atomic E-state index is 0.0266. The molecular weight excluding hydrogens is 327 g/mol. The first-order chi connectivity index (χ1) is 11.2. The molecule has 0 saturated carbocycles. The summed E-state index contributed by atoms with van der Waals surface area (Å²) in [7, 11) is 0. The van der Waals surface area contributed by atoms with Crippen LogP contribution in [0.3, 0.4) is 0 Å². The molecule has 1 aromatic rings. The van der Waals surface area contributed by atoms with E-state index in [1.54, 1.807) is 6.07 Å². The summed E-state index contributed by atoms with van der Waals surface area (Å²) in [6.45, 7) is 9.37. The lowest BCUT2D eigenvalue weighted by atomic mass is 9.79. The fourth-order valence-corrected chi connectivity index (χ4v) is 4.47. The van der Waals surface area contributed by atoms with Crippen molar-refractivity contribution in [1.82, 2.24) is 5.32 Å². The number of hydrogen-bond donors (Lipinski definition) is 1. The molecule has 0 spiro atoms. The molecule has 1 N–H and O–H groups in total. The Morgan fingerprint density at radius 2 is 2.12 bits per heavy atom. The van der Waals surface area contributed by atoms with Crippen molar-refractivity contribution in [2.75, 3.05) is 11.4 Å². The van der Waals surface area contributed by atoms with Gasteiger partial charge in [0.25, 0.3) is 11.1 Å². The second-order valence-corrected chi connectivity index (χ2v) is 7.96. The summed E-state index contributed by atoms with van der Waals surface area (Å²) in [6.07, 6.45) is 2.44. The van der Waals surface area contributed by atoms with Crippen LogP contribution in [0, 0.1) is 5.82 Å². The number of hydrogen-bond acceptors (Lipinski definition) is 4. The molecule has 2 aliphatic heterocycles. The predicted octanol–water partition coefficient (Wildman–Crippen LogP) is 4.26. The average molecular weight is 348 g/mol. The minimum Gasteiger partial charge on any atom is -0.366 e. The summed E-state index contributed by atoms with van der Waals surface area (Å²) in [4.78, 5) is 25.4. The van der Waals surface area contributed by atoms with Crippen molar-refractivity contribution in [3.8, 4) is 0 Å². The van der Waals surface area contributed by atoms with E-state index in [0.717, 1.165) is 36.0 Å². The third-order valence-corrected chi connectivity index (χ3v) is 5.56. The third kappa shape index (κ3) is 2.83. The molecule has 2 heterocycles. The second kappa shape index (κ2) is 5.92. The Bertz CT molecular complexity index is 758. The minimum atomic E-state index is -0.466. The van der Waals surface area contributed by atoms with Crippen LogP contribution in [0.25, 0.3) is 6.08 Å². The summed E-state index contributed by atoms with van der Waals surface area (Å²) in [5.74, 6) is -0.550. The van der Waals surface area contributed by atoms with Gasteiger partial charge >= 0.3 is 0 Å². The Hall–Kier alpha value is -1.82. The SMILES string of the molecule is CCN1c2cc(F)c(/C=C3\SC(=O)NC3=O)cc2C(C)CC1(C)C. The van der Waals surface area contributed by atoms with Gasteiger partial charge in [0.1, 0.15) is 5.82 Å². The van der Waals surface area contributed by atoms with Crippen LogP contribution in [0.4, 0.5) is 14.9 Å². The lowest BCUT2D eigenvalue weighted by Gasteiger charge is -2.47. The number of carbonyl (C=O) groups excluding carboxylic acids is 2. The smallest absolute Gasteiger partial charge is 0.290 e. The number of halogens is 1. The maximum absolute atomic E-state index is 14.6. The number of carbonyl (C=O) groups is 2. The molecule has 1 atom stereocenters. The number of imide groups is 1. The van der Waals surface area contributed by atoms with E-state index >= 15 is 0 Å². The zero-order valence-electron chi connectivity index (χ0n) is 14.3. The Morgan fingerprint density at radius 3 is 2.71 bits per heavy atom. The highest BCUT2D eigenvalue weighted by Crippen LogP contribution is 2.44. The summed E-state index contributed by atoms with van der Waals surface area (Å²) in [5.41, 5.74) is 2.32. The highest BCUT2D eigenvalue weighted by molar-refractivity contribution is 8.18. The number of rotatable bonds is 2. The van der Waals surface area contributed by atoms with E-state index < -0.39 is 11.1 Å². The third-order valence-electron chi connectivity index (χ3n) is 4.75. The van der Waals surface area contributed by atoms with Crippen LogP contribution in [0.15, 0.2) is 17.0 Å². The van der Waals surface area contributed by atoms with Gasteiger partial charge in [0.2, 0.25) is 0 Å². The zero-order chi connectivity index (χ0) is 17.6. The van der Waals surface area contributed by atoms with Crippen LogP contribution in [0.1, 0.15) is 51.2 Å². The van der Waals surface area contributed by atoms with Gasteiger partial charge in [-0.2, -0.15) is 0 Å². The van der Waals surface area contributed by atoms with E-state index in [4.69, 9.17) is 0 Å². The highest BCUT2D eigenvalue weighted by atomic mass is 32.2. The first-order valence-corrected chi connectivity index (χ1v) is 8.90. The molecule has 2 amide bonds. The van der Waals surface area contributed by atoms with Gasteiger partial charge < -0.3 is 4.90 Å². The number of thioether (sulfide) groups is 1. The summed E-state index contributed by atoms with van der Waals surface area (Å²) >= 11 is 0.805. The van der Waals surface area contributed by atoms with Crippen molar-refractivity contribution in [3.05, 3.63) is 34.0 Å². The van der Waals surface area contributed by atoms with E-state index in [9.17, 15) is 14.0 Å². The normalized spacial score (nSPS) is 24.3. The number of nitrogens with zero attached hydrogens (tertiary/aromatic N) is 1. The second-order valence-electron chi connectivity index (χ2n) is 6.95. The molecule has 2 aliphatic rings. The van der Waals surface area contributed by atoms with Crippen molar-refractivity contribution in [2.45, 2.75) is 45.6 Å². The lowest BCUT2D eigenvalue weighted by molar-refractivity contribution is -0.115. The van der Waals surface area contributed by atoms with Crippen molar-refractivity contribution < 1.29 is 14.0 Å². The van der Waals surface area contributed by atoms with E-state index in [1.165, 1.54) is 6.08 Å². The molecule has 0 bridgehead atoms. The molecular formula is C18H21FN2O2S. The van der Waals surface area contributed by atoms with E-state index in [0.29, 0.717) is 11.5 Å². The quantitative estimate of drug-likeness (QED) is 0.811. The largest absolute Gasteiger partial charge is 0.366 e. The maximum atomic E-state index is 14.6. The summed E-state index contributed by atoms with van der Waals surface area (Å²) < 4.78 is 14.6. The van der Waals surface area contributed by atoms with Crippen LogP contribution >= 0.6 is 11.8 Å². The van der Waals surface area contributed by atoms with Crippen LogP contribution in [-0.2, 0) is 4.79 Å². The molecule has 24 heavy (non-hydrogen) atoms. The Balaban J connectivity index is 2.08. The molecule has 1 fully saturated rings. The fraction of sp³-hybridized carbons (Fsp3) is 0.444. The molecule has 1 unspecified atom stereocenters. The fourth-order valence-electron chi connectivity index (χ4n) is 3.79. The number of benzene rings is 1. The molecule has 1 aromatic carbocycles. The molecule has 6 heteroatoms. The van der Waals surface area contributed by atoms with Crippen molar-refractivity contribution in [3.63, 3.8) is 0 Å². The van der Waals surface area contributed by atoms with Gasteiger partial charge in [-0.15, -0.1) is 0 Å². The van der Waals surface area contributed by atoms with Gasteiger partial charge in [0, 0.05) is 23.3 Å². The van der Waals surface area contributed by atoms with Crippen LogP contribution in [0.5, 0.6) is 0 Å². The molecule has 1 saturated heterocycles. The first-order valence-electron chi connectivity index (χ1n) is 8.09. The van der Waals surface area contributed by atoms with Crippen LogP contribution in [-0.4, -0.2) is 23.2 Å². The zero-order valence-corrected chi connectivity index (χ0v) is 15.1. The van der Waals surface area contributed by atoms with Gasteiger partial charge in [-0.3, -0.25) is 14.9 Å². The van der Waals surface area contributed by atoms with Crippen molar-refractivity contribution in [1.29, 1.82) is 0 Å². The predicted molar refractivity (Wildman–Crippen MR) is 95.6 cm³/mol. The van der Waals surface area contributed by atoms with Gasteiger partial charge in [-0.05, 0) is 68.6 Å². The van der Waals surface area contributed by atoms with Crippen molar-refractivity contribution >= 4 is 34.7 Å². The summed E-state index contributed by atoms with van der Waals surface area (Å²) in [5, 5.41) is 1.77. The Morgan fingerprint density at radius 1 is 1.42 bits per heavy atom. The van der Waals surface area contributed by atoms with Crippen LogP contribution < -0.4 is 10.2 Å². The molecule has 0 aliphatic carbocycles. The number of fused-ring (bicyclic) bond motifs is 1. The molecule has 128 valence electrons. The number of amides is 2. The monoisotopic (exact) mass is 348 g/mol. The van der Waals surface area contributed by atoms with Gasteiger partial charge in [-0.1, -0.05) is 6.92 Å². The van der Waals surface area contributed by atoms with E-state index in [2.05, 4.69) is 37.9 Å². The first kappa shape index (κ1) is 17.0. The average Bonchev–Trinajstić information content (AvgIpc) is 2.78. The van der Waals surface area contributed by atoms with Gasteiger partial charge in [0.05, 0.1) is 4.91 Å². The van der Waals surface area contributed by atoms with Gasteiger partial charge in [0.15, 0.2) is 0 Å². The number of anilines is 1. The molecule has 0 aromatic heterocycles. The maximum Gasteiger partial charge on any atom is 0.290 e. The standard InChI is InChI=1S/C18H21FN2O2S/c1-5-21-14-8-13(19)11(7-15-16(22)20-17(23)24-15)6-12(14)10(2)9-18(21,3)4/h6-8,10H,5,9H2,1-4H3,(H,20,22,23)/b15-7-. The number of nitrogens with one attached hydrogen (secondary N) is 1. The molecule has 0 radical (unpaired) electrons. The Labute approximate surface area is 145 Å². The molecule has 4 nitrogen and oxygen atoms in total. The van der Waals surface area contributed by atoms with Crippen molar-refractivity contribution in [2.24, 2.45) is 0 Å². The van der Waals surface area contributed by atoms with E-state index in [-0.39, 0.29) is 16.3 Å². The Kier molecular flexibility index (Phi) is 4.20. The molecule has 3 rings (SSSR count).